The zero-order chi connectivity index (χ0) is 16.8. The predicted molar refractivity (Wildman–Crippen MR) is 89.6 cm³/mol. The standard InChI is InChI=1S/C17H14Cl2N2O2/c1-21(10-13-5-6-15(18)16(19)8-13)17(22)11-23-14-4-2-3-12(7-14)9-20/h2-8H,10-11H2,1H3. The summed E-state index contributed by atoms with van der Waals surface area (Å²) in [5, 5.41) is 9.76. The van der Waals surface area contributed by atoms with Crippen LogP contribution in [-0.2, 0) is 11.3 Å². The summed E-state index contributed by atoms with van der Waals surface area (Å²) in [5.41, 5.74) is 1.36. The molecular weight excluding hydrogens is 335 g/mol. The van der Waals surface area contributed by atoms with E-state index in [4.69, 9.17) is 33.2 Å². The molecule has 4 nitrogen and oxygen atoms in total. The van der Waals surface area contributed by atoms with Gasteiger partial charge in [0, 0.05) is 13.6 Å². The van der Waals surface area contributed by atoms with Gasteiger partial charge in [0.05, 0.1) is 21.7 Å². The van der Waals surface area contributed by atoms with Crippen molar-refractivity contribution in [3.8, 4) is 11.8 Å². The van der Waals surface area contributed by atoms with Crippen LogP contribution in [0.1, 0.15) is 11.1 Å². The largest absolute Gasteiger partial charge is 0.484 e. The Morgan fingerprint density at radius 2 is 2.00 bits per heavy atom. The molecule has 0 bridgehead atoms. The number of hydrogen-bond acceptors (Lipinski definition) is 3. The number of rotatable bonds is 5. The Kier molecular flexibility index (Phi) is 5.86. The van der Waals surface area contributed by atoms with Gasteiger partial charge in [0.15, 0.2) is 6.61 Å². The summed E-state index contributed by atoms with van der Waals surface area (Å²) in [5.74, 6) is 0.304. The minimum atomic E-state index is -0.182. The molecule has 1 amide bonds. The number of amides is 1. The van der Waals surface area contributed by atoms with E-state index >= 15 is 0 Å². The monoisotopic (exact) mass is 348 g/mol. The van der Waals surface area contributed by atoms with E-state index < -0.39 is 0 Å². The van der Waals surface area contributed by atoms with Gasteiger partial charge in [0.1, 0.15) is 5.75 Å². The zero-order valence-corrected chi connectivity index (χ0v) is 13.9. The van der Waals surface area contributed by atoms with Crippen LogP contribution in [0.3, 0.4) is 0 Å². The maximum Gasteiger partial charge on any atom is 0.260 e. The summed E-state index contributed by atoms with van der Waals surface area (Å²) in [7, 11) is 1.68. The van der Waals surface area contributed by atoms with Gasteiger partial charge in [-0.05, 0) is 35.9 Å². The normalized spacial score (nSPS) is 10.0. The maximum absolute atomic E-state index is 12.1. The lowest BCUT2D eigenvalue weighted by molar-refractivity contribution is -0.132. The van der Waals surface area contributed by atoms with Crippen molar-refractivity contribution in [2.75, 3.05) is 13.7 Å². The summed E-state index contributed by atoms with van der Waals surface area (Å²) >= 11 is 11.8. The molecule has 0 unspecified atom stereocenters. The van der Waals surface area contributed by atoms with Crippen molar-refractivity contribution >= 4 is 29.1 Å². The van der Waals surface area contributed by atoms with Crippen molar-refractivity contribution in [2.24, 2.45) is 0 Å². The van der Waals surface area contributed by atoms with Crippen LogP contribution in [0.5, 0.6) is 5.75 Å². The molecule has 0 aliphatic rings. The fourth-order valence-electron chi connectivity index (χ4n) is 1.91. The Morgan fingerprint density at radius 1 is 1.22 bits per heavy atom. The lowest BCUT2D eigenvalue weighted by Crippen LogP contribution is -2.30. The van der Waals surface area contributed by atoms with E-state index in [1.165, 1.54) is 4.90 Å². The van der Waals surface area contributed by atoms with Crippen molar-refractivity contribution in [1.82, 2.24) is 4.90 Å². The van der Waals surface area contributed by atoms with Gasteiger partial charge >= 0.3 is 0 Å². The Balaban J connectivity index is 1.92. The fraction of sp³-hybridized carbons (Fsp3) is 0.176. The third-order valence-electron chi connectivity index (χ3n) is 3.15. The molecule has 0 aromatic heterocycles. The number of carbonyl (C=O) groups excluding carboxylic acids is 1. The van der Waals surface area contributed by atoms with E-state index in [2.05, 4.69) is 0 Å². The van der Waals surface area contributed by atoms with Gasteiger partial charge in [-0.25, -0.2) is 0 Å². The van der Waals surface area contributed by atoms with Crippen LogP contribution >= 0.6 is 23.2 Å². The highest BCUT2D eigenvalue weighted by atomic mass is 35.5. The van der Waals surface area contributed by atoms with Crippen molar-refractivity contribution < 1.29 is 9.53 Å². The number of carbonyl (C=O) groups is 1. The molecule has 0 N–H and O–H groups in total. The van der Waals surface area contributed by atoms with Crippen LogP contribution in [0.2, 0.25) is 10.0 Å². The lowest BCUT2D eigenvalue weighted by atomic mass is 10.2. The van der Waals surface area contributed by atoms with Gasteiger partial charge in [0.2, 0.25) is 0 Å². The Hall–Kier alpha value is -2.22. The highest BCUT2D eigenvalue weighted by molar-refractivity contribution is 6.42. The average molecular weight is 349 g/mol. The van der Waals surface area contributed by atoms with Gasteiger partial charge in [-0.2, -0.15) is 5.26 Å². The third kappa shape index (κ3) is 4.88. The van der Waals surface area contributed by atoms with Crippen LogP contribution in [0.4, 0.5) is 0 Å². The van der Waals surface area contributed by atoms with Crippen LogP contribution in [-0.4, -0.2) is 24.5 Å². The first kappa shape index (κ1) is 17.1. The lowest BCUT2D eigenvalue weighted by Gasteiger charge is -2.18. The minimum absolute atomic E-state index is 0.104. The van der Waals surface area contributed by atoms with Crippen LogP contribution in [0.25, 0.3) is 0 Å². The van der Waals surface area contributed by atoms with Crippen molar-refractivity contribution in [3.63, 3.8) is 0 Å². The summed E-state index contributed by atoms with van der Waals surface area (Å²) < 4.78 is 5.42. The molecule has 0 radical (unpaired) electrons. The van der Waals surface area contributed by atoms with Gasteiger partial charge in [-0.3, -0.25) is 4.79 Å². The second-order valence-electron chi connectivity index (χ2n) is 4.93. The first-order valence-corrected chi connectivity index (χ1v) is 7.56. The fourth-order valence-corrected chi connectivity index (χ4v) is 2.23. The average Bonchev–Trinajstić information content (AvgIpc) is 2.56. The first-order valence-electron chi connectivity index (χ1n) is 6.80. The summed E-state index contributed by atoms with van der Waals surface area (Å²) in [6.07, 6.45) is 0. The highest BCUT2D eigenvalue weighted by Crippen LogP contribution is 2.23. The summed E-state index contributed by atoms with van der Waals surface area (Å²) in [4.78, 5) is 13.6. The van der Waals surface area contributed by atoms with Gasteiger partial charge in [-0.15, -0.1) is 0 Å². The SMILES string of the molecule is CN(Cc1ccc(Cl)c(Cl)c1)C(=O)COc1cccc(C#N)c1. The Labute approximate surface area is 144 Å². The molecule has 0 aliphatic heterocycles. The molecule has 2 aromatic rings. The molecule has 0 atom stereocenters. The molecule has 0 saturated carbocycles. The number of hydrogen-bond donors (Lipinski definition) is 0. The van der Waals surface area contributed by atoms with Gasteiger partial charge in [-0.1, -0.05) is 35.3 Å². The van der Waals surface area contributed by atoms with E-state index in [0.29, 0.717) is 27.9 Å². The van der Waals surface area contributed by atoms with Crippen molar-refractivity contribution in [1.29, 1.82) is 5.26 Å². The number of likely N-dealkylation sites (N-methyl/N-ethyl adjacent to an activating group) is 1. The molecule has 0 saturated heterocycles. The van der Waals surface area contributed by atoms with Crippen LogP contribution in [0.15, 0.2) is 42.5 Å². The van der Waals surface area contributed by atoms with E-state index in [9.17, 15) is 4.79 Å². The van der Waals surface area contributed by atoms with Crippen LogP contribution in [0, 0.1) is 11.3 Å². The molecule has 0 aliphatic carbocycles. The quantitative estimate of drug-likeness (QED) is 0.823. The third-order valence-corrected chi connectivity index (χ3v) is 3.89. The highest BCUT2D eigenvalue weighted by Gasteiger charge is 2.11. The predicted octanol–water partition coefficient (Wildman–Crippen LogP) is 3.90. The Morgan fingerprint density at radius 3 is 2.70 bits per heavy atom. The molecule has 2 aromatic carbocycles. The molecule has 23 heavy (non-hydrogen) atoms. The molecule has 118 valence electrons. The number of nitrogens with zero attached hydrogens (tertiary/aromatic N) is 2. The number of benzene rings is 2. The smallest absolute Gasteiger partial charge is 0.260 e. The summed E-state index contributed by atoms with van der Waals surface area (Å²) in [6.45, 7) is 0.296. The second-order valence-corrected chi connectivity index (χ2v) is 5.74. The topological polar surface area (TPSA) is 53.3 Å². The molecule has 0 fully saturated rings. The maximum atomic E-state index is 12.1. The molecule has 2 rings (SSSR count). The number of nitriles is 1. The first-order chi connectivity index (χ1) is 11.0. The van der Waals surface area contributed by atoms with E-state index in [0.717, 1.165) is 5.56 Å². The van der Waals surface area contributed by atoms with Crippen LogP contribution < -0.4 is 4.74 Å². The van der Waals surface area contributed by atoms with Gasteiger partial charge < -0.3 is 9.64 Å². The molecule has 0 heterocycles. The number of ether oxygens (including phenoxy) is 1. The van der Waals surface area contributed by atoms with E-state index in [1.807, 2.05) is 12.1 Å². The minimum Gasteiger partial charge on any atom is -0.484 e. The molecular formula is C17H14Cl2N2O2. The van der Waals surface area contributed by atoms with E-state index in [-0.39, 0.29) is 12.5 Å². The molecule has 6 heteroatoms. The second kappa shape index (κ2) is 7.87. The molecule has 0 spiro atoms. The van der Waals surface area contributed by atoms with Gasteiger partial charge in [0.25, 0.3) is 5.91 Å². The zero-order valence-electron chi connectivity index (χ0n) is 12.4. The van der Waals surface area contributed by atoms with Crippen molar-refractivity contribution in [3.05, 3.63) is 63.6 Å². The Bertz CT molecular complexity index is 756. The number of halogens is 2. The van der Waals surface area contributed by atoms with Crippen molar-refractivity contribution in [2.45, 2.75) is 6.54 Å². The summed E-state index contributed by atoms with van der Waals surface area (Å²) in [6, 6.07) is 13.9. The van der Waals surface area contributed by atoms with E-state index in [1.54, 1.807) is 43.4 Å².